The number of hydrogen-bond donors (Lipinski definition) is 2. The fourth-order valence-corrected chi connectivity index (χ4v) is 6.60. The molecule has 1 aliphatic carbocycles. The zero-order valence-corrected chi connectivity index (χ0v) is 25.6. The van der Waals surface area contributed by atoms with E-state index in [1.54, 1.807) is 0 Å². The predicted molar refractivity (Wildman–Crippen MR) is 171 cm³/mol. The Morgan fingerprint density at radius 1 is 0.718 bits per heavy atom. The summed E-state index contributed by atoms with van der Waals surface area (Å²) in [4.78, 5) is 0. The third kappa shape index (κ3) is 11.3. The summed E-state index contributed by atoms with van der Waals surface area (Å²) in [6, 6.07) is 17.9. The van der Waals surface area contributed by atoms with E-state index < -0.39 is 6.23 Å². The van der Waals surface area contributed by atoms with E-state index in [0.717, 1.165) is 18.8 Å². The number of benzene rings is 2. The smallest absolute Gasteiger partial charge is 0.124 e. The molecular weight excluding hydrogens is 474 g/mol. The molecule has 1 saturated carbocycles. The van der Waals surface area contributed by atoms with Crippen molar-refractivity contribution in [1.29, 1.82) is 0 Å². The summed E-state index contributed by atoms with van der Waals surface area (Å²) in [5.41, 5.74) is 5.28. The fourth-order valence-electron chi connectivity index (χ4n) is 6.60. The molecule has 0 bridgehead atoms. The number of aliphatic hydroxyl groups is 1. The lowest BCUT2D eigenvalue weighted by Gasteiger charge is -2.31. The minimum absolute atomic E-state index is 0.338. The van der Waals surface area contributed by atoms with Crippen LogP contribution >= 0.6 is 0 Å². The number of hydrogen-bond acceptors (Lipinski definition) is 2. The highest BCUT2D eigenvalue weighted by Gasteiger charge is 2.25. The van der Waals surface area contributed by atoms with Gasteiger partial charge in [-0.15, -0.1) is 0 Å². The molecule has 1 aliphatic rings. The number of anilines is 1. The van der Waals surface area contributed by atoms with Gasteiger partial charge in [-0.05, 0) is 73.1 Å². The second-order valence-electron chi connectivity index (χ2n) is 12.5. The molecule has 0 radical (unpaired) electrons. The van der Waals surface area contributed by atoms with Crippen molar-refractivity contribution in [2.45, 2.75) is 154 Å². The summed E-state index contributed by atoms with van der Waals surface area (Å²) in [6.07, 6.45) is 23.0. The molecule has 218 valence electrons. The lowest BCUT2D eigenvalue weighted by Crippen LogP contribution is -2.21. The standard InChI is InChI=1S/C37H59NO/c1-4-6-8-9-10-11-12-13-18-22-37(39)38-36-29-34(30(3)32-20-16-14-17-21-32)27-28-35(36)33-25-23-31(24-26-33)19-15-7-5-2/h14,16-17,20-21,27-31,33,37-39H,4-13,15,18-19,22-26H2,1-3H3. The molecule has 2 aromatic rings. The first-order chi connectivity index (χ1) is 19.1. The van der Waals surface area contributed by atoms with Crippen LogP contribution in [-0.2, 0) is 0 Å². The minimum Gasteiger partial charge on any atom is -0.374 e. The largest absolute Gasteiger partial charge is 0.374 e. The Morgan fingerprint density at radius 3 is 2.00 bits per heavy atom. The first-order valence-corrected chi connectivity index (χ1v) is 16.8. The van der Waals surface area contributed by atoms with E-state index in [1.165, 1.54) is 125 Å². The Hall–Kier alpha value is -1.80. The fraction of sp³-hybridized carbons (Fsp3) is 0.676. The van der Waals surface area contributed by atoms with Crippen molar-refractivity contribution < 1.29 is 5.11 Å². The molecule has 2 heteroatoms. The molecule has 2 aromatic carbocycles. The molecule has 0 saturated heterocycles. The van der Waals surface area contributed by atoms with Gasteiger partial charge in [0.05, 0.1) is 0 Å². The Morgan fingerprint density at radius 2 is 1.33 bits per heavy atom. The first-order valence-electron chi connectivity index (χ1n) is 16.8. The molecule has 0 aliphatic heterocycles. The van der Waals surface area contributed by atoms with Crippen LogP contribution in [0, 0.1) is 5.92 Å². The maximum Gasteiger partial charge on any atom is 0.124 e. The van der Waals surface area contributed by atoms with Crippen LogP contribution in [0.15, 0.2) is 48.5 Å². The molecule has 39 heavy (non-hydrogen) atoms. The number of unbranched alkanes of at least 4 members (excludes halogenated alkanes) is 10. The van der Waals surface area contributed by atoms with Gasteiger partial charge in [-0.25, -0.2) is 0 Å². The normalized spacial score (nSPS) is 19.1. The molecule has 2 atom stereocenters. The van der Waals surface area contributed by atoms with Crippen molar-refractivity contribution in [1.82, 2.24) is 0 Å². The van der Waals surface area contributed by atoms with Crippen LogP contribution in [0.2, 0.25) is 0 Å². The number of nitrogens with one attached hydrogen (secondary N) is 1. The molecule has 2 unspecified atom stereocenters. The van der Waals surface area contributed by atoms with Gasteiger partial charge >= 0.3 is 0 Å². The lowest BCUT2D eigenvalue weighted by atomic mass is 9.76. The summed E-state index contributed by atoms with van der Waals surface area (Å²) in [5.74, 6) is 1.86. The van der Waals surface area contributed by atoms with Crippen molar-refractivity contribution in [2.24, 2.45) is 5.92 Å². The Balaban J connectivity index is 1.58. The average Bonchev–Trinajstić information content (AvgIpc) is 2.97. The van der Waals surface area contributed by atoms with Crippen LogP contribution in [0.5, 0.6) is 0 Å². The molecule has 1 fully saturated rings. The second kappa shape index (κ2) is 18.5. The maximum absolute atomic E-state index is 11.0. The van der Waals surface area contributed by atoms with Crippen molar-refractivity contribution in [3.05, 3.63) is 65.2 Å². The van der Waals surface area contributed by atoms with Crippen LogP contribution in [0.3, 0.4) is 0 Å². The van der Waals surface area contributed by atoms with Crippen molar-refractivity contribution in [2.75, 3.05) is 5.32 Å². The van der Waals surface area contributed by atoms with Gasteiger partial charge in [-0.3, -0.25) is 0 Å². The van der Waals surface area contributed by atoms with Gasteiger partial charge in [0.15, 0.2) is 0 Å². The van der Waals surface area contributed by atoms with Crippen LogP contribution in [0.25, 0.3) is 0 Å². The van der Waals surface area contributed by atoms with E-state index >= 15 is 0 Å². The van der Waals surface area contributed by atoms with Gasteiger partial charge in [0.2, 0.25) is 0 Å². The van der Waals surface area contributed by atoms with E-state index in [-0.39, 0.29) is 0 Å². The molecule has 0 amide bonds. The van der Waals surface area contributed by atoms with E-state index in [4.69, 9.17) is 0 Å². The first kappa shape index (κ1) is 31.7. The zero-order valence-electron chi connectivity index (χ0n) is 25.6. The molecular formula is C37H59NO. The van der Waals surface area contributed by atoms with Gasteiger partial charge in [0.1, 0.15) is 6.23 Å². The number of rotatable bonds is 19. The molecule has 0 heterocycles. The SMILES string of the molecule is CCCCCCCCCCCC(O)Nc1cc(C(C)c2ccccc2)ccc1C1CCC(CCCCC)CC1. The molecule has 2 nitrogen and oxygen atoms in total. The van der Waals surface area contributed by atoms with Gasteiger partial charge < -0.3 is 10.4 Å². The maximum atomic E-state index is 11.0. The Labute approximate surface area is 241 Å². The summed E-state index contributed by atoms with van der Waals surface area (Å²) < 4.78 is 0. The summed E-state index contributed by atoms with van der Waals surface area (Å²) in [6.45, 7) is 6.88. The zero-order chi connectivity index (χ0) is 27.7. The van der Waals surface area contributed by atoms with Gasteiger partial charge in [-0.1, -0.05) is 140 Å². The quantitative estimate of drug-likeness (QED) is 0.139. The summed E-state index contributed by atoms with van der Waals surface area (Å²) in [7, 11) is 0. The van der Waals surface area contributed by atoms with Gasteiger partial charge in [0.25, 0.3) is 0 Å². The highest BCUT2D eigenvalue weighted by molar-refractivity contribution is 5.56. The van der Waals surface area contributed by atoms with Crippen molar-refractivity contribution >= 4 is 5.69 Å². The van der Waals surface area contributed by atoms with E-state index in [2.05, 4.69) is 74.6 Å². The van der Waals surface area contributed by atoms with Crippen molar-refractivity contribution in [3.8, 4) is 0 Å². The van der Waals surface area contributed by atoms with Crippen LogP contribution in [0.4, 0.5) is 5.69 Å². The van der Waals surface area contributed by atoms with E-state index in [9.17, 15) is 5.11 Å². The topological polar surface area (TPSA) is 32.3 Å². The molecule has 2 N–H and O–H groups in total. The van der Waals surface area contributed by atoms with Gasteiger partial charge in [0, 0.05) is 11.6 Å². The van der Waals surface area contributed by atoms with Crippen LogP contribution < -0.4 is 5.32 Å². The highest BCUT2D eigenvalue weighted by atomic mass is 16.3. The molecule has 0 aromatic heterocycles. The highest BCUT2D eigenvalue weighted by Crippen LogP contribution is 2.41. The monoisotopic (exact) mass is 533 g/mol. The Bertz CT molecular complexity index is 886. The summed E-state index contributed by atoms with van der Waals surface area (Å²) >= 11 is 0. The summed E-state index contributed by atoms with van der Waals surface area (Å²) in [5, 5.41) is 14.6. The molecule has 3 rings (SSSR count). The lowest BCUT2D eigenvalue weighted by molar-refractivity contribution is 0.188. The van der Waals surface area contributed by atoms with Crippen LogP contribution in [0.1, 0.15) is 165 Å². The minimum atomic E-state index is -0.471. The van der Waals surface area contributed by atoms with E-state index in [0.29, 0.717) is 11.8 Å². The van der Waals surface area contributed by atoms with E-state index in [1.807, 2.05) is 0 Å². The number of aliphatic hydroxyl groups excluding tert-OH is 1. The van der Waals surface area contributed by atoms with Gasteiger partial charge in [-0.2, -0.15) is 0 Å². The third-order valence-corrected chi connectivity index (χ3v) is 9.28. The predicted octanol–water partition coefficient (Wildman–Crippen LogP) is 11.3. The second-order valence-corrected chi connectivity index (χ2v) is 12.5. The van der Waals surface area contributed by atoms with Crippen molar-refractivity contribution in [3.63, 3.8) is 0 Å². The van der Waals surface area contributed by atoms with Crippen LogP contribution in [-0.4, -0.2) is 11.3 Å². The average molecular weight is 534 g/mol. The third-order valence-electron chi connectivity index (χ3n) is 9.28. The molecule has 0 spiro atoms. The Kier molecular flexibility index (Phi) is 15.1.